The number of rotatable bonds is 6. The Bertz CT molecular complexity index is 412. The zero-order chi connectivity index (χ0) is 12.8. The van der Waals surface area contributed by atoms with E-state index >= 15 is 0 Å². The summed E-state index contributed by atoms with van der Waals surface area (Å²) in [4.78, 5) is 21.8. The Labute approximate surface area is 99.0 Å². The van der Waals surface area contributed by atoms with Crippen LogP contribution in [-0.2, 0) is 11.3 Å². The predicted octanol–water partition coefficient (Wildman–Crippen LogP) is 0.512. The van der Waals surface area contributed by atoms with Gasteiger partial charge in [0.05, 0.1) is 13.1 Å². The smallest absolute Gasteiger partial charge is 0.372 e. The highest BCUT2D eigenvalue weighted by Crippen LogP contribution is 2.14. The number of hydrogen-bond acceptors (Lipinski definition) is 4. The molecule has 0 radical (unpaired) electrons. The van der Waals surface area contributed by atoms with Crippen LogP contribution in [0.4, 0.5) is 0 Å². The standard InChI is InChI=1S/C11H16N2O4/c1-3-13-9(14)6-12-5-8-4-7(2)10(17-8)11(15)16/h4,12H,3,5-6H2,1-2H3,(H,13,14)(H,15,16). The van der Waals surface area contributed by atoms with Crippen LogP contribution in [0.5, 0.6) is 0 Å². The van der Waals surface area contributed by atoms with E-state index in [0.29, 0.717) is 24.4 Å². The van der Waals surface area contributed by atoms with Gasteiger partial charge in [-0.15, -0.1) is 0 Å². The molecule has 6 nitrogen and oxygen atoms in total. The van der Waals surface area contributed by atoms with E-state index in [1.54, 1.807) is 13.0 Å². The van der Waals surface area contributed by atoms with Crippen LogP contribution in [0.15, 0.2) is 10.5 Å². The van der Waals surface area contributed by atoms with Crippen LogP contribution in [0, 0.1) is 6.92 Å². The van der Waals surface area contributed by atoms with Gasteiger partial charge in [0.25, 0.3) is 0 Å². The zero-order valence-corrected chi connectivity index (χ0v) is 9.87. The fraction of sp³-hybridized carbons (Fsp3) is 0.455. The third kappa shape index (κ3) is 3.92. The first kappa shape index (κ1) is 13.2. The van der Waals surface area contributed by atoms with E-state index in [2.05, 4.69) is 10.6 Å². The molecule has 0 aromatic carbocycles. The summed E-state index contributed by atoms with van der Waals surface area (Å²) in [5.41, 5.74) is 0.576. The summed E-state index contributed by atoms with van der Waals surface area (Å²) in [5.74, 6) is -0.740. The Balaban J connectivity index is 2.45. The fourth-order valence-electron chi connectivity index (χ4n) is 1.41. The van der Waals surface area contributed by atoms with E-state index in [4.69, 9.17) is 9.52 Å². The van der Waals surface area contributed by atoms with Gasteiger partial charge in [-0.1, -0.05) is 0 Å². The Kier molecular flexibility index (Phi) is 4.71. The van der Waals surface area contributed by atoms with Crippen molar-refractivity contribution in [3.63, 3.8) is 0 Å². The van der Waals surface area contributed by atoms with E-state index in [1.165, 1.54) is 0 Å². The monoisotopic (exact) mass is 240 g/mol. The van der Waals surface area contributed by atoms with Crippen molar-refractivity contribution in [1.29, 1.82) is 0 Å². The van der Waals surface area contributed by atoms with Crippen molar-refractivity contribution < 1.29 is 19.1 Å². The van der Waals surface area contributed by atoms with Gasteiger partial charge in [0, 0.05) is 12.1 Å². The second-order valence-electron chi connectivity index (χ2n) is 3.59. The summed E-state index contributed by atoms with van der Waals surface area (Å²) >= 11 is 0. The number of nitrogens with one attached hydrogen (secondary N) is 2. The van der Waals surface area contributed by atoms with Crippen molar-refractivity contribution >= 4 is 11.9 Å². The van der Waals surface area contributed by atoms with Crippen LogP contribution in [-0.4, -0.2) is 30.1 Å². The molecule has 0 fully saturated rings. The minimum absolute atomic E-state index is 0.0557. The average Bonchev–Trinajstić information content (AvgIpc) is 2.60. The number of carbonyl (C=O) groups is 2. The minimum atomic E-state index is -1.09. The normalized spacial score (nSPS) is 10.2. The molecule has 0 saturated carbocycles. The lowest BCUT2D eigenvalue weighted by Crippen LogP contribution is -2.33. The van der Waals surface area contributed by atoms with Gasteiger partial charge in [-0.05, 0) is 19.9 Å². The van der Waals surface area contributed by atoms with Crippen molar-refractivity contribution in [2.24, 2.45) is 0 Å². The molecule has 0 unspecified atom stereocenters. The molecule has 1 amide bonds. The average molecular weight is 240 g/mol. The SMILES string of the molecule is CCNC(=O)CNCc1cc(C)c(C(=O)O)o1. The number of furan rings is 1. The molecule has 1 aromatic heterocycles. The molecule has 0 atom stereocenters. The van der Waals surface area contributed by atoms with E-state index in [0.717, 1.165) is 0 Å². The Morgan fingerprint density at radius 2 is 2.18 bits per heavy atom. The highest BCUT2D eigenvalue weighted by atomic mass is 16.4. The highest BCUT2D eigenvalue weighted by molar-refractivity contribution is 5.86. The van der Waals surface area contributed by atoms with Gasteiger partial charge in [0.2, 0.25) is 11.7 Å². The van der Waals surface area contributed by atoms with Crippen LogP contribution < -0.4 is 10.6 Å². The second kappa shape index (κ2) is 6.05. The third-order valence-corrected chi connectivity index (χ3v) is 2.12. The van der Waals surface area contributed by atoms with Crippen LogP contribution in [0.25, 0.3) is 0 Å². The topological polar surface area (TPSA) is 91.6 Å². The van der Waals surface area contributed by atoms with Crippen molar-refractivity contribution in [3.05, 3.63) is 23.2 Å². The third-order valence-electron chi connectivity index (χ3n) is 2.12. The molecule has 0 bridgehead atoms. The molecule has 1 heterocycles. The Morgan fingerprint density at radius 3 is 2.71 bits per heavy atom. The first-order chi connectivity index (χ1) is 8.04. The summed E-state index contributed by atoms with van der Waals surface area (Å²) in [6.45, 7) is 4.60. The van der Waals surface area contributed by atoms with Crippen molar-refractivity contribution in [1.82, 2.24) is 10.6 Å². The number of carboxylic acid groups (broad SMARTS) is 1. The van der Waals surface area contributed by atoms with Gasteiger partial charge in [0.15, 0.2) is 0 Å². The van der Waals surface area contributed by atoms with Gasteiger partial charge in [-0.3, -0.25) is 4.79 Å². The number of hydrogen-bond donors (Lipinski definition) is 3. The summed E-state index contributed by atoms with van der Waals surface area (Å²) < 4.78 is 5.12. The number of amides is 1. The maximum absolute atomic E-state index is 11.1. The van der Waals surface area contributed by atoms with E-state index in [1.807, 2.05) is 6.92 Å². The molecule has 1 rings (SSSR count). The molecule has 0 saturated heterocycles. The van der Waals surface area contributed by atoms with Crippen LogP contribution in [0.1, 0.15) is 28.8 Å². The van der Waals surface area contributed by atoms with Gasteiger partial charge in [-0.25, -0.2) is 4.79 Å². The van der Waals surface area contributed by atoms with Crippen molar-refractivity contribution in [2.45, 2.75) is 20.4 Å². The van der Waals surface area contributed by atoms with Gasteiger partial charge in [0.1, 0.15) is 5.76 Å². The summed E-state index contributed by atoms with van der Waals surface area (Å²) in [6, 6.07) is 1.65. The van der Waals surface area contributed by atoms with Crippen LogP contribution >= 0.6 is 0 Å². The minimum Gasteiger partial charge on any atom is -0.475 e. The molecule has 0 aliphatic carbocycles. The lowest BCUT2D eigenvalue weighted by atomic mass is 10.2. The van der Waals surface area contributed by atoms with Crippen LogP contribution in [0.2, 0.25) is 0 Å². The molecule has 6 heteroatoms. The number of carbonyl (C=O) groups excluding carboxylic acids is 1. The molecule has 0 aliphatic heterocycles. The van der Waals surface area contributed by atoms with Crippen molar-refractivity contribution in [3.8, 4) is 0 Å². The predicted molar refractivity (Wildman–Crippen MR) is 60.8 cm³/mol. The van der Waals surface area contributed by atoms with Crippen molar-refractivity contribution in [2.75, 3.05) is 13.1 Å². The Hall–Kier alpha value is -1.82. The molecular formula is C11H16N2O4. The van der Waals surface area contributed by atoms with Gasteiger partial charge >= 0.3 is 5.97 Å². The first-order valence-electron chi connectivity index (χ1n) is 5.34. The first-order valence-corrected chi connectivity index (χ1v) is 5.34. The van der Waals surface area contributed by atoms with E-state index in [9.17, 15) is 9.59 Å². The number of carboxylic acids is 1. The van der Waals surface area contributed by atoms with E-state index < -0.39 is 5.97 Å². The van der Waals surface area contributed by atoms with Gasteiger partial charge in [-0.2, -0.15) is 0 Å². The molecule has 3 N–H and O–H groups in total. The maximum Gasteiger partial charge on any atom is 0.372 e. The summed E-state index contributed by atoms with van der Waals surface area (Å²) in [7, 11) is 0. The summed E-state index contributed by atoms with van der Waals surface area (Å²) in [6.07, 6.45) is 0. The lowest BCUT2D eigenvalue weighted by molar-refractivity contribution is -0.120. The molecule has 0 aliphatic rings. The number of likely N-dealkylation sites (N-methyl/N-ethyl adjacent to an activating group) is 1. The maximum atomic E-state index is 11.1. The molecule has 94 valence electrons. The molecular weight excluding hydrogens is 224 g/mol. The van der Waals surface area contributed by atoms with E-state index in [-0.39, 0.29) is 18.2 Å². The summed E-state index contributed by atoms with van der Waals surface area (Å²) in [5, 5.41) is 14.3. The molecule has 17 heavy (non-hydrogen) atoms. The highest BCUT2D eigenvalue weighted by Gasteiger charge is 2.13. The Morgan fingerprint density at radius 1 is 1.47 bits per heavy atom. The fourth-order valence-corrected chi connectivity index (χ4v) is 1.41. The van der Waals surface area contributed by atoms with Crippen LogP contribution in [0.3, 0.4) is 0 Å². The number of aromatic carboxylic acids is 1. The zero-order valence-electron chi connectivity index (χ0n) is 9.87. The lowest BCUT2D eigenvalue weighted by Gasteiger charge is -2.02. The largest absolute Gasteiger partial charge is 0.475 e. The molecule has 1 aromatic rings. The molecule has 0 spiro atoms. The van der Waals surface area contributed by atoms with Gasteiger partial charge < -0.3 is 20.2 Å². The second-order valence-corrected chi connectivity index (χ2v) is 3.59. The number of aryl methyl sites for hydroxylation is 1. The quantitative estimate of drug-likeness (QED) is 0.674.